The SMILES string of the molecule is CCC1C[N]CC(CC)C1CC. The fourth-order valence-corrected chi connectivity index (χ4v) is 2.59. The third kappa shape index (κ3) is 2.01. The molecule has 1 aliphatic heterocycles. The average Bonchev–Trinajstić information content (AvgIpc) is 2.16. The monoisotopic (exact) mass is 168 g/mol. The summed E-state index contributed by atoms with van der Waals surface area (Å²) in [5.74, 6) is 2.72. The molecule has 0 spiro atoms. The Bertz CT molecular complexity index is 110. The van der Waals surface area contributed by atoms with E-state index in [0.717, 1.165) is 30.8 Å². The second kappa shape index (κ2) is 4.86. The van der Waals surface area contributed by atoms with Gasteiger partial charge in [-0.3, -0.25) is 0 Å². The molecule has 0 amide bonds. The minimum absolute atomic E-state index is 0.883. The molecule has 0 saturated carbocycles. The standard InChI is InChI=1S/C11H22N/c1-4-9-7-12-8-10(5-2)11(9)6-3/h9-11H,4-8H2,1-3H3. The molecule has 2 unspecified atom stereocenters. The molecule has 0 aromatic rings. The predicted octanol–water partition coefficient (Wildman–Crippen LogP) is 2.68. The number of rotatable bonds is 3. The van der Waals surface area contributed by atoms with Crippen molar-refractivity contribution in [3.63, 3.8) is 0 Å². The van der Waals surface area contributed by atoms with Gasteiger partial charge >= 0.3 is 0 Å². The maximum Gasteiger partial charge on any atom is 0.0164 e. The smallest absolute Gasteiger partial charge is 0.0164 e. The molecule has 1 fully saturated rings. The van der Waals surface area contributed by atoms with Crippen molar-refractivity contribution in [1.82, 2.24) is 5.32 Å². The third-order valence-corrected chi connectivity index (χ3v) is 3.46. The second-order valence-corrected chi connectivity index (χ2v) is 4.00. The average molecular weight is 168 g/mol. The van der Waals surface area contributed by atoms with E-state index in [0.29, 0.717) is 0 Å². The van der Waals surface area contributed by atoms with Crippen LogP contribution < -0.4 is 5.32 Å². The third-order valence-electron chi connectivity index (χ3n) is 3.46. The maximum absolute atomic E-state index is 4.58. The van der Waals surface area contributed by atoms with Crippen molar-refractivity contribution >= 4 is 0 Å². The van der Waals surface area contributed by atoms with Gasteiger partial charge in [-0.05, 0) is 17.8 Å². The lowest BCUT2D eigenvalue weighted by atomic mass is 9.75. The lowest BCUT2D eigenvalue weighted by molar-refractivity contribution is 0.153. The van der Waals surface area contributed by atoms with Gasteiger partial charge in [0.15, 0.2) is 0 Å². The highest BCUT2D eigenvalue weighted by Crippen LogP contribution is 2.31. The second-order valence-electron chi connectivity index (χ2n) is 4.00. The van der Waals surface area contributed by atoms with Crippen LogP contribution in [-0.2, 0) is 0 Å². The normalized spacial score (nSPS) is 36.8. The zero-order valence-corrected chi connectivity index (χ0v) is 8.71. The van der Waals surface area contributed by atoms with Gasteiger partial charge in [0, 0.05) is 13.1 Å². The predicted molar refractivity (Wildman–Crippen MR) is 53.2 cm³/mol. The van der Waals surface area contributed by atoms with Crippen molar-refractivity contribution in [2.45, 2.75) is 40.0 Å². The molecule has 0 aliphatic carbocycles. The molecule has 0 bridgehead atoms. The van der Waals surface area contributed by atoms with Gasteiger partial charge < -0.3 is 0 Å². The van der Waals surface area contributed by atoms with E-state index in [-0.39, 0.29) is 0 Å². The Hall–Kier alpha value is -0.0400. The van der Waals surface area contributed by atoms with Gasteiger partial charge in [-0.1, -0.05) is 40.0 Å². The van der Waals surface area contributed by atoms with Crippen molar-refractivity contribution in [3.8, 4) is 0 Å². The molecular weight excluding hydrogens is 146 g/mol. The Labute approximate surface area is 76.9 Å². The number of piperidine rings is 1. The van der Waals surface area contributed by atoms with Crippen LogP contribution >= 0.6 is 0 Å². The Balaban J connectivity index is 2.52. The van der Waals surface area contributed by atoms with E-state index < -0.39 is 0 Å². The van der Waals surface area contributed by atoms with Crippen molar-refractivity contribution in [2.75, 3.05) is 13.1 Å². The Kier molecular flexibility index (Phi) is 4.07. The fraction of sp³-hybridized carbons (Fsp3) is 1.00. The highest BCUT2D eigenvalue weighted by molar-refractivity contribution is 4.82. The first kappa shape index (κ1) is 10.0. The molecular formula is C11H22N. The van der Waals surface area contributed by atoms with Gasteiger partial charge in [0.25, 0.3) is 0 Å². The largest absolute Gasteiger partial charge is 0.241 e. The summed E-state index contributed by atoms with van der Waals surface area (Å²) in [6.45, 7) is 9.21. The first-order valence-corrected chi connectivity index (χ1v) is 5.46. The van der Waals surface area contributed by atoms with Gasteiger partial charge in [0.2, 0.25) is 0 Å². The molecule has 1 saturated heterocycles. The molecule has 2 atom stereocenters. The maximum atomic E-state index is 4.58. The molecule has 1 heterocycles. The summed E-state index contributed by atoms with van der Waals surface area (Å²) in [5.41, 5.74) is 0. The molecule has 1 nitrogen and oxygen atoms in total. The summed E-state index contributed by atoms with van der Waals surface area (Å²) in [4.78, 5) is 0. The van der Waals surface area contributed by atoms with E-state index in [1.165, 1.54) is 19.3 Å². The van der Waals surface area contributed by atoms with Gasteiger partial charge in [0.1, 0.15) is 0 Å². The molecule has 1 aliphatic rings. The Morgan fingerprint density at radius 1 is 0.917 bits per heavy atom. The lowest BCUT2D eigenvalue weighted by Crippen LogP contribution is -2.39. The minimum Gasteiger partial charge on any atom is -0.241 e. The first-order chi connectivity index (χ1) is 5.83. The lowest BCUT2D eigenvalue weighted by Gasteiger charge is -2.36. The van der Waals surface area contributed by atoms with E-state index in [1.807, 2.05) is 0 Å². The van der Waals surface area contributed by atoms with Gasteiger partial charge in [-0.15, -0.1) is 0 Å². The zero-order chi connectivity index (χ0) is 8.97. The van der Waals surface area contributed by atoms with Crippen LogP contribution in [0.4, 0.5) is 0 Å². The van der Waals surface area contributed by atoms with Crippen LogP contribution in [0.5, 0.6) is 0 Å². The quantitative estimate of drug-likeness (QED) is 0.615. The van der Waals surface area contributed by atoms with E-state index in [1.54, 1.807) is 0 Å². The number of hydrogen-bond donors (Lipinski definition) is 0. The Morgan fingerprint density at radius 2 is 1.42 bits per heavy atom. The van der Waals surface area contributed by atoms with Crippen LogP contribution in [0, 0.1) is 17.8 Å². The summed E-state index contributed by atoms with van der Waals surface area (Å²) in [6.07, 6.45) is 3.99. The Morgan fingerprint density at radius 3 is 1.75 bits per heavy atom. The van der Waals surface area contributed by atoms with E-state index in [9.17, 15) is 0 Å². The molecule has 71 valence electrons. The summed E-state index contributed by atoms with van der Waals surface area (Å²) >= 11 is 0. The van der Waals surface area contributed by atoms with Crippen LogP contribution in [0.1, 0.15) is 40.0 Å². The van der Waals surface area contributed by atoms with Gasteiger partial charge in [0.05, 0.1) is 0 Å². The zero-order valence-electron chi connectivity index (χ0n) is 8.71. The first-order valence-electron chi connectivity index (χ1n) is 5.46. The highest BCUT2D eigenvalue weighted by atomic mass is 14.9. The molecule has 0 N–H and O–H groups in total. The minimum atomic E-state index is 0.883. The van der Waals surface area contributed by atoms with Crippen molar-refractivity contribution in [3.05, 3.63) is 0 Å². The van der Waals surface area contributed by atoms with Crippen molar-refractivity contribution in [2.24, 2.45) is 17.8 Å². The van der Waals surface area contributed by atoms with Crippen LogP contribution in [0.25, 0.3) is 0 Å². The van der Waals surface area contributed by atoms with E-state index >= 15 is 0 Å². The number of hydrogen-bond acceptors (Lipinski definition) is 0. The van der Waals surface area contributed by atoms with Crippen molar-refractivity contribution in [1.29, 1.82) is 0 Å². The molecule has 1 rings (SSSR count). The molecule has 12 heavy (non-hydrogen) atoms. The van der Waals surface area contributed by atoms with E-state index in [2.05, 4.69) is 26.1 Å². The van der Waals surface area contributed by atoms with Crippen LogP contribution in [-0.4, -0.2) is 13.1 Å². The summed E-state index contributed by atoms with van der Waals surface area (Å²) in [5, 5.41) is 4.58. The summed E-state index contributed by atoms with van der Waals surface area (Å²) in [6, 6.07) is 0. The summed E-state index contributed by atoms with van der Waals surface area (Å²) in [7, 11) is 0. The topological polar surface area (TPSA) is 14.1 Å². The van der Waals surface area contributed by atoms with Crippen LogP contribution in [0.2, 0.25) is 0 Å². The van der Waals surface area contributed by atoms with Crippen LogP contribution in [0.15, 0.2) is 0 Å². The fourth-order valence-electron chi connectivity index (χ4n) is 2.59. The van der Waals surface area contributed by atoms with Gasteiger partial charge in [-0.25, -0.2) is 5.32 Å². The molecule has 1 radical (unpaired) electrons. The summed E-state index contributed by atoms with van der Waals surface area (Å²) < 4.78 is 0. The molecule has 1 heteroatoms. The number of nitrogens with zero attached hydrogens (tertiary/aromatic N) is 1. The van der Waals surface area contributed by atoms with Crippen molar-refractivity contribution < 1.29 is 0 Å². The van der Waals surface area contributed by atoms with Crippen LogP contribution in [0.3, 0.4) is 0 Å². The highest BCUT2D eigenvalue weighted by Gasteiger charge is 2.29. The molecule has 0 aromatic carbocycles. The van der Waals surface area contributed by atoms with Gasteiger partial charge in [-0.2, -0.15) is 0 Å². The van der Waals surface area contributed by atoms with E-state index in [4.69, 9.17) is 0 Å². The molecule has 0 aromatic heterocycles.